The minimum absolute atomic E-state index is 0.282. The Morgan fingerprint density at radius 3 is 0.852 bits per heavy atom. The molecule has 0 spiro atoms. The van der Waals surface area contributed by atoms with Gasteiger partial charge in [0.2, 0.25) is 0 Å². The molecule has 0 saturated carbocycles. The molecule has 0 amide bonds. The minimum atomic E-state index is -5.50. The van der Waals surface area contributed by atoms with Crippen molar-refractivity contribution in [1.82, 2.24) is 0 Å². The Kier molecular flexibility index (Phi) is 10.8. The molecule has 2 aromatic rings. The van der Waals surface area contributed by atoms with E-state index >= 15 is 0 Å². The van der Waals surface area contributed by atoms with E-state index in [-0.39, 0.29) is 10.8 Å². The Bertz CT molecular complexity index is 600. The van der Waals surface area contributed by atoms with Crippen molar-refractivity contribution in [2.24, 2.45) is 0 Å². The van der Waals surface area contributed by atoms with Crippen LogP contribution in [0.25, 0.3) is 0 Å². The van der Waals surface area contributed by atoms with Gasteiger partial charge in [-0.05, 0) is 91.4 Å². The van der Waals surface area contributed by atoms with E-state index in [1.54, 1.807) is 0 Å². The van der Waals surface area contributed by atoms with Crippen LogP contribution >= 0.6 is 45.2 Å². The van der Waals surface area contributed by atoms with Crippen LogP contribution in [0.2, 0.25) is 0 Å². The molecule has 0 bridgehead atoms. The third kappa shape index (κ3) is 14.3. The number of benzene rings is 2. The van der Waals surface area contributed by atoms with Gasteiger partial charge in [-0.15, -0.1) is 17.6 Å². The third-order valence-corrected chi connectivity index (χ3v) is 4.86. The second-order valence-electron chi connectivity index (χ2n) is 7.94. The van der Waals surface area contributed by atoms with Gasteiger partial charge in [0.1, 0.15) is 0 Å². The van der Waals surface area contributed by atoms with Crippen LogP contribution in [-0.2, 0) is 10.8 Å². The van der Waals surface area contributed by atoms with Gasteiger partial charge in [-0.1, -0.05) is 65.8 Å². The van der Waals surface area contributed by atoms with Crippen LogP contribution in [0.3, 0.4) is 0 Å². The van der Waals surface area contributed by atoms with E-state index in [1.165, 1.54) is 18.3 Å². The molecule has 27 heavy (non-hydrogen) atoms. The van der Waals surface area contributed by atoms with Crippen molar-refractivity contribution in [3.05, 3.63) is 66.8 Å². The molecule has 0 fully saturated rings. The van der Waals surface area contributed by atoms with Crippen molar-refractivity contribution >= 4 is 45.2 Å². The largest absolute Gasteiger partial charge is 0.559 e. The van der Waals surface area contributed by atoms with Gasteiger partial charge in [0.05, 0.1) is 0 Å². The maximum atomic E-state index is 9.69. The molecule has 0 atom stereocenters. The topological polar surface area (TPSA) is 0 Å². The van der Waals surface area contributed by atoms with E-state index < -0.39 is 6.43 Å². The van der Waals surface area contributed by atoms with Gasteiger partial charge in [0.15, 0.2) is 0 Å². The van der Waals surface area contributed by atoms with Crippen LogP contribution in [0, 0.1) is 7.14 Å². The van der Waals surface area contributed by atoms with Crippen molar-refractivity contribution in [2.45, 2.75) is 58.8 Å². The zero-order valence-corrected chi connectivity index (χ0v) is 20.7. The van der Waals surface area contributed by atoms with Crippen LogP contribution < -0.4 is 0 Å². The number of rotatable bonds is 0. The molecule has 2 aromatic carbocycles. The van der Waals surface area contributed by atoms with E-state index in [2.05, 4.69) is 135 Å². The van der Waals surface area contributed by atoms with Gasteiger partial charge in [0, 0.05) is 7.14 Å². The lowest BCUT2D eigenvalue weighted by Gasteiger charge is -2.18. The van der Waals surface area contributed by atoms with E-state index in [1.807, 2.05) is 0 Å². The van der Waals surface area contributed by atoms with E-state index in [9.17, 15) is 17.6 Å². The zero-order chi connectivity index (χ0) is 21.5. The summed E-state index contributed by atoms with van der Waals surface area (Å²) in [6.07, 6.45) is -5.50. The van der Waals surface area contributed by atoms with Crippen molar-refractivity contribution in [2.75, 3.05) is 0 Å². The normalized spacial score (nSPS) is 11.7. The fourth-order valence-electron chi connectivity index (χ4n) is 1.90. The summed E-state index contributed by atoms with van der Waals surface area (Å²) >= 11 is 4.65. The van der Waals surface area contributed by atoms with Gasteiger partial charge in [-0.3, -0.25) is 0 Å². The van der Waals surface area contributed by atoms with Gasteiger partial charge in [-0.25, -0.2) is 0 Å². The Balaban J connectivity index is 0.000000405. The van der Waals surface area contributed by atoms with Crippen molar-refractivity contribution in [3.8, 4) is 0 Å². The molecule has 0 aliphatic carbocycles. The Morgan fingerprint density at radius 1 is 0.519 bits per heavy atom. The van der Waals surface area contributed by atoms with Gasteiger partial charge in [-0.2, -0.15) is 0 Å². The molecular weight excluding hydrogens is 582 g/mol. The van der Waals surface area contributed by atoms with Gasteiger partial charge < -0.3 is 0 Å². The first-order valence-electron chi connectivity index (χ1n) is 8.28. The van der Waals surface area contributed by atoms with Gasteiger partial charge in [0.25, 0.3) is 0 Å². The maximum absolute atomic E-state index is 9.69. The molecule has 0 aliphatic heterocycles. The molecule has 0 aliphatic rings. The summed E-state index contributed by atoms with van der Waals surface area (Å²) in [5.74, 6) is 0. The first kappa shape index (κ1) is 26.6. The maximum Gasteiger partial charge on any atom is 0.559 e. The highest BCUT2D eigenvalue weighted by atomic mass is 127. The molecule has 0 nitrogen and oxygen atoms in total. The number of alkyl halides is 4. The van der Waals surface area contributed by atoms with Crippen molar-refractivity contribution in [3.63, 3.8) is 0 Å². The highest BCUT2D eigenvalue weighted by Gasteiger charge is 2.24. The zero-order valence-electron chi connectivity index (χ0n) is 16.4. The number of hydrogen-bond acceptors (Lipinski definition) is 0. The second kappa shape index (κ2) is 11.0. The predicted molar refractivity (Wildman–Crippen MR) is 123 cm³/mol. The summed E-state index contributed by atoms with van der Waals surface area (Å²) in [4.78, 5) is 0. The molecule has 0 saturated heterocycles. The summed E-state index contributed by atoms with van der Waals surface area (Å²) in [6.45, 7) is 13.4. The highest BCUT2D eigenvalue weighted by molar-refractivity contribution is 14.1. The van der Waals surface area contributed by atoms with Gasteiger partial charge >= 0.3 is 6.43 Å². The van der Waals surface area contributed by atoms with Crippen LogP contribution in [0.4, 0.5) is 17.6 Å². The quantitative estimate of drug-likeness (QED) is 0.208. The molecule has 0 N–H and O–H groups in total. The molecule has 6 heteroatoms. The van der Waals surface area contributed by atoms with Crippen LogP contribution in [0.1, 0.15) is 52.7 Å². The Morgan fingerprint density at radius 2 is 0.704 bits per heavy atom. The summed E-state index contributed by atoms with van der Waals surface area (Å²) in [6, 6.07) is 17.4. The lowest BCUT2D eigenvalue weighted by molar-refractivity contribution is -0.237. The molecule has 152 valence electrons. The third-order valence-electron chi connectivity index (χ3n) is 3.42. The Hall–Kier alpha value is -0.380. The molecule has 0 heterocycles. The summed E-state index contributed by atoms with van der Waals surface area (Å²) in [7, 11) is 0. The molecular formula is C21H26F4I2. The lowest BCUT2D eigenvalue weighted by atomic mass is 9.87. The number of halogens is 6. The fraction of sp³-hybridized carbons (Fsp3) is 0.429. The fourth-order valence-corrected chi connectivity index (χ4v) is 2.62. The average molecular weight is 608 g/mol. The standard InChI is InChI=1S/2C10H13I.CF4/c2*1-10(2,3)8-4-6-9(11)7-5-8;2-1(3,4)5/h2*4-7H,1-3H3;. The minimum Gasteiger partial charge on any atom is -0.140 e. The van der Waals surface area contributed by atoms with Crippen LogP contribution in [0.5, 0.6) is 0 Å². The molecule has 0 aromatic heterocycles. The smallest absolute Gasteiger partial charge is 0.140 e. The van der Waals surface area contributed by atoms with E-state index in [0.29, 0.717) is 0 Å². The van der Waals surface area contributed by atoms with Crippen LogP contribution in [-0.4, -0.2) is 6.43 Å². The average Bonchev–Trinajstić information content (AvgIpc) is 2.45. The lowest BCUT2D eigenvalue weighted by Crippen LogP contribution is -2.10. The van der Waals surface area contributed by atoms with Crippen LogP contribution in [0.15, 0.2) is 48.5 Å². The summed E-state index contributed by atoms with van der Waals surface area (Å²) in [5, 5.41) is 0. The molecule has 0 radical (unpaired) electrons. The van der Waals surface area contributed by atoms with E-state index in [4.69, 9.17) is 0 Å². The molecule has 2 rings (SSSR count). The second-order valence-corrected chi connectivity index (χ2v) is 10.4. The first-order valence-corrected chi connectivity index (χ1v) is 10.4. The predicted octanol–water partition coefficient (Wildman–Crippen LogP) is 8.65. The SMILES string of the molecule is CC(C)(C)c1ccc(I)cc1.CC(C)(C)c1ccc(I)cc1.FC(F)(F)F. The monoisotopic (exact) mass is 608 g/mol. The summed E-state index contributed by atoms with van der Waals surface area (Å²) in [5.41, 5.74) is 3.37. The Labute approximate surface area is 187 Å². The molecule has 0 unspecified atom stereocenters. The van der Waals surface area contributed by atoms with E-state index in [0.717, 1.165) is 0 Å². The van der Waals surface area contributed by atoms with Crippen molar-refractivity contribution < 1.29 is 17.6 Å². The summed E-state index contributed by atoms with van der Waals surface area (Å²) < 4.78 is 41.4. The number of hydrogen-bond donors (Lipinski definition) is 0. The van der Waals surface area contributed by atoms with Crippen molar-refractivity contribution in [1.29, 1.82) is 0 Å². The highest BCUT2D eigenvalue weighted by Crippen LogP contribution is 2.23. The first-order chi connectivity index (χ1) is 12.0.